The summed E-state index contributed by atoms with van der Waals surface area (Å²) in [6.07, 6.45) is 2.06. The maximum atomic E-state index is 12.6. The number of anilines is 1. The lowest BCUT2D eigenvalue weighted by Crippen LogP contribution is -2.50. The molecule has 9 heteroatoms. The standard InChI is InChI=1S/C24H33N5O3S/c30-23(25-17-22-7-3-15-33-22)19-4-1-5-20(16-19)26-24(31)27-21-6-2-8-29(18-21)10-9-28-11-13-32-14-12-28/h1,3-5,7,15-16,21H,2,6,8-14,17-18H2,(H,25,30)(H2,26,27,31). The maximum absolute atomic E-state index is 12.6. The molecule has 8 nitrogen and oxygen atoms in total. The van der Waals surface area contributed by atoms with Crippen LogP contribution in [0.4, 0.5) is 10.5 Å². The molecular weight excluding hydrogens is 438 g/mol. The molecule has 0 aliphatic carbocycles. The largest absolute Gasteiger partial charge is 0.379 e. The van der Waals surface area contributed by atoms with E-state index in [1.54, 1.807) is 35.6 Å². The van der Waals surface area contributed by atoms with Gasteiger partial charge in [-0.3, -0.25) is 9.69 Å². The fourth-order valence-electron chi connectivity index (χ4n) is 4.26. The van der Waals surface area contributed by atoms with E-state index in [1.165, 1.54) is 0 Å². The second-order valence-electron chi connectivity index (χ2n) is 8.54. The van der Waals surface area contributed by atoms with Crippen molar-refractivity contribution in [2.45, 2.75) is 25.4 Å². The number of amides is 3. The van der Waals surface area contributed by atoms with Gasteiger partial charge < -0.3 is 25.6 Å². The van der Waals surface area contributed by atoms with E-state index in [4.69, 9.17) is 4.74 Å². The van der Waals surface area contributed by atoms with E-state index in [2.05, 4.69) is 25.8 Å². The van der Waals surface area contributed by atoms with Crippen LogP contribution in [0.5, 0.6) is 0 Å². The molecule has 0 bridgehead atoms. The zero-order valence-corrected chi connectivity index (χ0v) is 19.7. The number of hydrogen-bond acceptors (Lipinski definition) is 6. The molecule has 1 aromatic carbocycles. The molecule has 1 aromatic heterocycles. The molecule has 2 aliphatic heterocycles. The lowest BCUT2D eigenvalue weighted by Gasteiger charge is -2.35. The highest BCUT2D eigenvalue weighted by Crippen LogP contribution is 2.14. The van der Waals surface area contributed by atoms with Crippen LogP contribution >= 0.6 is 11.3 Å². The molecule has 2 saturated heterocycles. The van der Waals surface area contributed by atoms with Crippen molar-refractivity contribution in [2.24, 2.45) is 0 Å². The SMILES string of the molecule is O=C(Nc1cccc(C(=O)NCc2cccs2)c1)NC1CCCN(CCN2CCOCC2)C1. The molecule has 0 radical (unpaired) electrons. The van der Waals surface area contributed by atoms with Crippen LogP contribution in [0.1, 0.15) is 28.1 Å². The molecule has 3 amide bonds. The minimum absolute atomic E-state index is 0.126. The zero-order valence-electron chi connectivity index (χ0n) is 18.9. The number of ether oxygens (including phenoxy) is 1. The fourth-order valence-corrected chi connectivity index (χ4v) is 4.90. The Morgan fingerprint density at radius 3 is 2.73 bits per heavy atom. The summed E-state index contributed by atoms with van der Waals surface area (Å²) in [5.41, 5.74) is 1.13. The van der Waals surface area contributed by atoms with E-state index in [0.29, 0.717) is 17.8 Å². The summed E-state index contributed by atoms with van der Waals surface area (Å²) >= 11 is 1.61. The Labute approximate surface area is 199 Å². The highest BCUT2D eigenvalue weighted by Gasteiger charge is 2.22. The molecular formula is C24H33N5O3S. The lowest BCUT2D eigenvalue weighted by molar-refractivity contribution is 0.0317. The minimum atomic E-state index is -0.230. The van der Waals surface area contributed by atoms with E-state index in [-0.39, 0.29) is 18.0 Å². The number of carbonyl (C=O) groups excluding carboxylic acids is 2. The monoisotopic (exact) mass is 471 g/mol. The number of rotatable bonds is 8. The number of hydrogen-bond donors (Lipinski definition) is 3. The molecule has 178 valence electrons. The number of likely N-dealkylation sites (tertiary alicyclic amines) is 1. The maximum Gasteiger partial charge on any atom is 0.319 e. The zero-order chi connectivity index (χ0) is 22.9. The lowest BCUT2D eigenvalue weighted by atomic mass is 10.1. The highest BCUT2D eigenvalue weighted by molar-refractivity contribution is 7.09. The summed E-state index contributed by atoms with van der Waals surface area (Å²) in [5, 5.41) is 10.9. The quantitative estimate of drug-likeness (QED) is 0.551. The summed E-state index contributed by atoms with van der Waals surface area (Å²) < 4.78 is 5.42. The van der Waals surface area contributed by atoms with Gasteiger partial charge in [0.05, 0.1) is 19.8 Å². The molecule has 2 fully saturated rings. The van der Waals surface area contributed by atoms with Gasteiger partial charge in [-0.2, -0.15) is 0 Å². The molecule has 0 spiro atoms. The summed E-state index contributed by atoms with van der Waals surface area (Å²) in [6, 6.07) is 10.9. The normalized spacial score (nSPS) is 19.7. The third kappa shape index (κ3) is 7.53. The molecule has 3 heterocycles. The van der Waals surface area contributed by atoms with E-state index >= 15 is 0 Å². The van der Waals surface area contributed by atoms with Crippen molar-refractivity contribution in [3.05, 3.63) is 52.2 Å². The number of morpholine rings is 1. The Kier molecular flexibility index (Phi) is 8.71. The third-order valence-electron chi connectivity index (χ3n) is 6.06. The van der Waals surface area contributed by atoms with Crippen LogP contribution in [0.15, 0.2) is 41.8 Å². The first-order chi connectivity index (χ1) is 16.2. The van der Waals surface area contributed by atoms with E-state index in [9.17, 15) is 9.59 Å². The average molecular weight is 472 g/mol. The van der Waals surface area contributed by atoms with Gasteiger partial charge in [0.1, 0.15) is 0 Å². The van der Waals surface area contributed by atoms with Crippen molar-refractivity contribution < 1.29 is 14.3 Å². The number of piperidine rings is 1. The van der Waals surface area contributed by atoms with Crippen LogP contribution < -0.4 is 16.0 Å². The molecule has 4 rings (SSSR count). The van der Waals surface area contributed by atoms with E-state index in [1.807, 2.05) is 17.5 Å². The van der Waals surface area contributed by atoms with Gasteiger partial charge in [-0.05, 0) is 49.0 Å². The summed E-state index contributed by atoms with van der Waals surface area (Å²) in [6.45, 7) is 8.15. The molecule has 33 heavy (non-hydrogen) atoms. The van der Waals surface area contributed by atoms with Crippen molar-refractivity contribution in [2.75, 3.05) is 57.8 Å². The van der Waals surface area contributed by atoms with Gasteiger partial charge in [0.2, 0.25) is 0 Å². The Bertz CT molecular complexity index is 901. The fraction of sp³-hybridized carbons (Fsp3) is 0.500. The van der Waals surface area contributed by atoms with Crippen LogP contribution in [0, 0.1) is 0 Å². The topological polar surface area (TPSA) is 85.9 Å². The predicted molar refractivity (Wildman–Crippen MR) is 131 cm³/mol. The van der Waals surface area contributed by atoms with Crippen LogP contribution in [0.25, 0.3) is 0 Å². The molecule has 1 atom stereocenters. The van der Waals surface area contributed by atoms with Crippen molar-refractivity contribution in [3.8, 4) is 0 Å². The van der Waals surface area contributed by atoms with Gasteiger partial charge in [0, 0.05) is 54.9 Å². The Balaban J connectivity index is 1.21. The van der Waals surface area contributed by atoms with Gasteiger partial charge in [0.25, 0.3) is 5.91 Å². The van der Waals surface area contributed by atoms with Gasteiger partial charge in [-0.15, -0.1) is 11.3 Å². The van der Waals surface area contributed by atoms with Crippen molar-refractivity contribution in [1.82, 2.24) is 20.4 Å². The Morgan fingerprint density at radius 1 is 1.06 bits per heavy atom. The number of benzene rings is 1. The Morgan fingerprint density at radius 2 is 1.91 bits per heavy atom. The van der Waals surface area contributed by atoms with Crippen LogP contribution in [-0.4, -0.2) is 80.3 Å². The van der Waals surface area contributed by atoms with Crippen LogP contribution in [0.2, 0.25) is 0 Å². The molecule has 2 aliphatic rings. The smallest absolute Gasteiger partial charge is 0.319 e. The van der Waals surface area contributed by atoms with Crippen molar-refractivity contribution in [3.63, 3.8) is 0 Å². The molecule has 3 N–H and O–H groups in total. The van der Waals surface area contributed by atoms with E-state index < -0.39 is 0 Å². The van der Waals surface area contributed by atoms with Crippen LogP contribution in [0.3, 0.4) is 0 Å². The number of nitrogens with zero attached hydrogens (tertiary/aromatic N) is 2. The number of nitrogens with one attached hydrogen (secondary N) is 3. The van der Waals surface area contributed by atoms with Gasteiger partial charge in [0.15, 0.2) is 0 Å². The van der Waals surface area contributed by atoms with Crippen LogP contribution in [-0.2, 0) is 11.3 Å². The third-order valence-corrected chi connectivity index (χ3v) is 6.94. The van der Waals surface area contributed by atoms with Gasteiger partial charge >= 0.3 is 6.03 Å². The number of urea groups is 1. The summed E-state index contributed by atoms with van der Waals surface area (Å²) in [4.78, 5) is 31.0. The average Bonchev–Trinajstić information content (AvgIpc) is 3.36. The first-order valence-corrected chi connectivity index (χ1v) is 12.5. The minimum Gasteiger partial charge on any atom is -0.379 e. The van der Waals surface area contributed by atoms with Gasteiger partial charge in [-0.25, -0.2) is 4.79 Å². The first kappa shape index (κ1) is 23.7. The highest BCUT2D eigenvalue weighted by atomic mass is 32.1. The Hall–Kier alpha value is -2.46. The predicted octanol–water partition coefficient (Wildman–Crippen LogP) is 2.60. The summed E-state index contributed by atoms with van der Waals surface area (Å²) in [7, 11) is 0. The molecule has 1 unspecified atom stereocenters. The van der Waals surface area contributed by atoms with Gasteiger partial charge in [-0.1, -0.05) is 12.1 Å². The molecule has 0 saturated carbocycles. The second kappa shape index (κ2) is 12.1. The van der Waals surface area contributed by atoms with E-state index in [0.717, 1.165) is 70.2 Å². The molecule has 2 aromatic rings. The van der Waals surface area contributed by atoms with Crippen molar-refractivity contribution >= 4 is 29.0 Å². The van der Waals surface area contributed by atoms with Crippen molar-refractivity contribution in [1.29, 1.82) is 0 Å². The second-order valence-corrected chi connectivity index (χ2v) is 9.57. The summed E-state index contributed by atoms with van der Waals surface area (Å²) in [5.74, 6) is -0.157. The number of thiophene rings is 1. The first-order valence-electron chi connectivity index (χ1n) is 11.7. The number of carbonyl (C=O) groups is 2.